The molecule has 0 fully saturated rings. The first-order valence-corrected chi connectivity index (χ1v) is 8.63. The summed E-state index contributed by atoms with van der Waals surface area (Å²) in [4.78, 5) is 0.0481. The van der Waals surface area contributed by atoms with E-state index in [1.54, 1.807) is 19.9 Å². The van der Waals surface area contributed by atoms with Gasteiger partial charge in [0.25, 0.3) is 0 Å². The molecule has 0 aromatic heterocycles. The lowest BCUT2D eigenvalue weighted by Gasteiger charge is -2.22. The minimum Gasteiger partial charge on any atom is -0.313 e. The summed E-state index contributed by atoms with van der Waals surface area (Å²) >= 11 is 0. The van der Waals surface area contributed by atoms with Crippen molar-refractivity contribution in [3.05, 3.63) is 29.1 Å². The van der Waals surface area contributed by atoms with Crippen molar-refractivity contribution in [2.45, 2.75) is 51.6 Å². The van der Waals surface area contributed by atoms with Gasteiger partial charge in [0.1, 0.15) is 5.82 Å². The lowest BCUT2D eigenvalue weighted by Crippen LogP contribution is -2.33. The molecule has 0 aliphatic carbocycles. The van der Waals surface area contributed by atoms with Gasteiger partial charge in [0.05, 0.1) is 4.90 Å². The highest BCUT2D eigenvalue weighted by molar-refractivity contribution is 7.89. The lowest BCUT2D eigenvalue weighted by atomic mass is 10.1. The van der Waals surface area contributed by atoms with Gasteiger partial charge in [-0.15, -0.1) is 0 Å². The Hall–Kier alpha value is -0.980. The second-order valence-electron chi connectivity index (χ2n) is 5.49. The standard InChI is InChI=1S/C15H25FN2O2S/c1-6-7-17-10-13-8-14(16)12(4)15(9-13)21(19,20)18(5)11(2)3/h8-9,11,17H,6-7,10H2,1-5H3. The smallest absolute Gasteiger partial charge is 0.243 e. The van der Waals surface area contributed by atoms with Crippen LogP contribution in [0.1, 0.15) is 38.3 Å². The molecule has 0 atom stereocenters. The summed E-state index contributed by atoms with van der Waals surface area (Å²) in [6.45, 7) is 8.38. The molecule has 0 spiro atoms. The van der Waals surface area contributed by atoms with Crippen LogP contribution in [0.15, 0.2) is 17.0 Å². The van der Waals surface area contributed by atoms with Crippen molar-refractivity contribution in [3.63, 3.8) is 0 Å². The molecule has 0 bridgehead atoms. The van der Waals surface area contributed by atoms with E-state index in [1.165, 1.54) is 24.3 Å². The van der Waals surface area contributed by atoms with Gasteiger partial charge in [-0.1, -0.05) is 6.92 Å². The minimum atomic E-state index is -3.68. The molecule has 1 aromatic rings. The molecule has 1 N–H and O–H groups in total. The monoisotopic (exact) mass is 316 g/mol. The van der Waals surface area contributed by atoms with Crippen LogP contribution in [0.25, 0.3) is 0 Å². The summed E-state index contributed by atoms with van der Waals surface area (Å²) in [5.41, 5.74) is 0.809. The number of nitrogens with zero attached hydrogens (tertiary/aromatic N) is 1. The van der Waals surface area contributed by atoms with Crippen LogP contribution in [0.4, 0.5) is 4.39 Å². The van der Waals surface area contributed by atoms with E-state index in [0.29, 0.717) is 12.1 Å². The molecule has 1 rings (SSSR count). The molecular weight excluding hydrogens is 291 g/mol. The van der Waals surface area contributed by atoms with E-state index in [-0.39, 0.29) is 16.5 Å². The van der Waals surface area contributed by atoms with Gasteiger partial charge >= 0.3 is 0 Å². The van der Waals surface area contributed by atoms with Crippen molar-refractivity contribution in [2.24, 2.45) is 0 Å². The zero-order valence-corrected chi connectivity index (χ0v) is 14.2. The number of hydrogen-bond donors (Lipinski definition) is 1. The molecule has 0 saturated heterocycles. The van der Waals surface area contributed by atoms with Crippen LogP contribution in [-0.4, -0.2) is 32.4 Å². The summed E-state index contributed by atoms with van der Waals surface area (Å²) in [5.74, 6) is -0.485. The minimum absolute atomic E-state index is 0.0481. The van der Waals surface area contributed by atoms with Crippen LogP contribution in [0.3, 0.4) is 0 Å². The maximum absolute atomic E-state index is 14.0. The number of halogens is 1. The lowest BCUT2D eigenvalue weighted by molar-refractivity contribution is 0.409. The maximum Gasteiger partial charge on any atom is 0.243 e. The highest BCUT2D eigenvalue weighted by atomic mass is 32.2. The molecule has 0 unspecified atom stereocenters. The summed E-state index contributed by atoms with van der Waals surface area (Å²) in [7, 11) is -2.17. The van der Waals surface area contributed by atoms with E-state index >= 15 is 0 Å². The van der Waals surface area contributed by atoms with Crippen molar-refractivity contribution >= 4 is 10.0 Å². The Labute approximate surface area is 127 Å². The average molecular weight is 316 g/mol. The molecule has 0 aliphatic rings. The molecule has 0 aliphatic heterocycles. The first kappa shape index (κ1) is 18.1. The average Bonchev–Trinajstić information content (AvgIpc) is 2.41. The topological polar surface area (TPSA) is 49.4 Å². The van der Waals surface area contributed by atoms with Crippen LogP contribution < -0.4 is 5.32 Å². The van der Waals surface area contributed by atoms with E-state index < -0.39 is 15.8 Å². The van der Waals surface area contributed by atoms with Gasteiger partial charge in [0.15, 0.2) is 0 Å². The fourth-order valence-electron chi connectivity index (χ4n) is 1.92. The van der Waals surface area contributed by atoms with Gasteiger partial charge in [0.2, 0.25) is 10.0 Å². The molecular formula is C15H25FN2O2S. The Balaban J connectivity index is 3.22. The highest BCUT2D eigenvalue weighted by Gasteiger charge is 2.26. The Morgan fingerprint density at radius 3 is 2.48 bits per heavy atom. The van der Waals surface area contributed by atoms with Crippen LogP contribution in [0.5, 0.6) is 0 Å². The van der Waals surface area contributed by atoms with Crippen molar-refractivity contribution < 1.29 is 12.8 Å². The van der Waals surface area contributed by atoms with E-state index in [9.17, 15) is 12.8 Å². The number of hydrogen-bond acceptors (Lipinski definition) is 3. The second-order valence-corrected chi connectivity index (χ2v) is 7.46. The third-order valence-corrected chi connectivity index (χ3v) is 5.66. The maximum atomic E-state index is 14.0. The van der Waals surface area contributed by atoms with Gasteiger partial charge < -0.3 is 5.32 Å². The van der Waals surface area contributed by atoms with E-state index in [4.69, 9.17) is 0 Å². The van der Waals surface area contributed by atoms with Gasteiger partial charge in [0, 0.05) is 25.2 Å². The summed E-state index contributed by atoms with van der Waals surface area (Å²) in [5, 5.41) is 3.15. The molecule has 6 heteroatoms. The predicted octanol–water partition coefficient (Wildman–Crippen LogP) is 2.66. The summed E-state index contributed by atoms with van der Waals surface area (Å²) in [6.07, 6.45) is 0.968. The first-order valence-electron chi connectivity index (χ1n) is 7.19. The van der Waals surface area contributed by atoms with Gasteiger partial charge in [-0.2, -0.15) is 4.31 Å². The third kappa shape index (κ3) is 4.25. The summed E-state index contributed by atoms with van der Waals surface area (Å²) < 4.78 is 40.4. The Morgan fingerprint density at radius 1 is 1.33 bits per heavy atom. The third-order valence-electron chi connectivity index (χ3n) is 3.50. The quantitative estimate of drug-likeness (QED) is 0.787. The van der Waals surface area contributed by atoms with Crippen LogP contribution in [0, 0.1) is 12.7 Å². The molecule has 120 valence electrons. The number of benzene rings is 1. The van der Waals surface area contributed by atoms with Crippen LogP contribution in [0.2, 0.25) is 0 Å². The molecule has 0 heterocycles. The van der Waals surface area contributed by atoms with E-state index in [0.717, 1.165) is 13.0 Å². The molecule has 4 nitrogen and oxygen atoms in total. The molecule has 0 amide bonds. The summed E-state index contributed by atoms with van der Waals surface area (Å²) in [6, 6.07) is 2.78. The normalized spacial score (nSPS) is 12.4. The highest BCUT2D eigenvalue weighted by Crippen LogP contribution is 2.24. The van der Waals surface area contributed by atoms with E-state index in [1.807, 2.05) is 6.92 Å². The zero-order valence-electron chi connectivity index (χ0n) is 13.4. The van der Waals surface area contributed by atoms with Gasteiger partial charge in [-0.3, -0.25) is 0 Å². The Morgan fingerprint density at radius 2 is 1.95 bits per heavy atom. The molecule has 1 aromatic carbocycles. The first-order chi connectivity index (χ1) is 9.71. The van der Waals surface area contributed by atoms with Crippen molar-refractivity contribution in [3.8, 4) is 0 Å². The zero-order chi connectivity index (χ0) is 16.2. The Bertz CT molecular complexity index is 586. The van der Waals surface area contributed by atoms with Crippen LogP contribution >= 0.6 is 0 Å². The van der Waals surface area contributed by atoms with Crippen molar-refractivity contribution in [1.29, 1.82) is 0 Å². The van der Waals surface area contributed by atoms with Crippen LogP contribution in [-0.2, 0) is 16.6 Å². The van der Waals surface area contributed by atoms with Gasteiger partial charge in [-0.25, -0.2) is 12.8 Å². The van der Waals surface area contributed by atoms with E-state index in [2.05, 4.69) is 5.32 Å². The fraction of sp³-hybridized carbons (Fsp3) is 0.600. The molecule has 0 saturated carbocycles. The second kappa shape index (κ2) is 7.33. The number of nitrogens with one attached hydrogen (secondary N) is 1. The number of rotatable bonds is 7. The Kier molecular flexibility index (Phi) is 6.31. The molecule has 21 heavy (non-hydrogen) atoms. The number of sulfonamides is 1. The van der Waals surface area contributed by atoms with Crippen molar-refractivity contribution in [2.75, 3.05) is 13.6 Å². The largest absolute Gasteiger partial charge is 0.313 e. The van der Waals surface area contributed by atoms with Crippen molar-refractivity contribution in [1.82, 2.24) is 9.62 Å². The molecule has 0 radical (unpaired) electrons. The SMILES string of the molecule is CCCNCc1cc(F)c(C)c(S(=O)(=O)N(C)C(C)C)c1. The fourth-order valence-corrected chi connectivity index (χ4v) is 3.57. The predicted molar refractivity (Wildman–Crippen MR) is 83.2 cm³/mol. The van der Waals surface area contributed by atoms with Gasteiger partial charge in [-0.05, 0) is 51.4 Å².